The number of benzene rings is 1. The molecule has 6 heteroatoms. The van der Waals surface area contributed by atoms with Gasteiger partial charge in [-0.05, 0) is 43.6 Å². The van der Waals surface area contributed by atoms with Gasteiger partial charge in [-0.2, -0.15) is 5.26 Å². The Labute approximate surface area is 141 Å². The second-order valence-electron chi connectivity index (χ2n) is 6.62. The zero-order valence-electron chi connectivity index (χ0n) is 13.5. The molecule has 124 valence electrons. The van der Waals surface area contributed by atoms with Crippen molar-refractivity contribution in [2.45, 2.75) is 24.9 Å². The van der Waals surface area contributed by atoms with Gasteiger partial charge in [-0.3, -0.25) is 9.80 Å². The number of hydrogen-bond donors (Lipinski definition) is 3. The molecule has 0 aliphatic carbocycles. The summed E-state index contributed by atoms with van der Waals surface area (Å²) in [4.78, 5) is 12.2. The minimum absolute atomic E-state index is 0.0186. The smallest absolute Gasteiger partial charge is 0.247 e. The number of amides is 1. The van der Waals surface area contributed by atoms with Crippen molar-refractivity contribution in [1.29, 1.82) is 5.26 Å². The van der Waals surface area contributed by atoms with E-state index in [0.29, 0.717) is 11.5 Å². The van der Waals surface area contributed by atoms with Crippen LogP contribution < -0.4 is 16.1 Å². The van der Waals surface area contributed by atoms with Gasteiger partial charge in [0.2, 0.25) is 5.91 Å². The molecule has 0 saturated carbocycles. The normalized spacial score (nSPS) is 27.2. The molecule has 0 radical (unpaired) electrons. The molecule has 2 saturated heterocycles. The second kappa shape index (κ2) is 6.27. The monoisotopic (exact) mass is 323 g/mol. The van der Waals surface area contributed by atoms with E-state index in [4.69, 9.17) is 5.26 Å². The molecule has 2 unspecified atom stereocenters. The lowest BCUT2D eigenvalue weighted by molar-refractivity contribution is -0.119. The van der Waals surface area contributed by atoms with E-state index < -0.39 is 0 Å². The number of rotatable bonds is 2. The number of carbonyl (C=O) groups is 1. The molecular weight excluding hydrogens is 302 g/mol. The zero-order valence-corrected chi connectivity index (χ0v) is 13.5. The molecule has 4 rings (SSSR count). The summed E-state index contributed by atoms with van der Waals surface area (Å²) in [6.07, 6.45) is 3.76. The van der Waals surface area contributed by atoms with Crippen molar-refractivity contribution in [2.24, 2.45) is 5.92 Å². The maximum absolute atomic E-state index is 12.2. The number of hydrogen-bond acceptors (Lipinski definition) is 5. The number of hydrazine groups is 1. The predicted molar refractivity (Wildman–Crippen MR) is 89.3 cm³/mol. The average Bonchev–Trinajstić information content (AvgIpc) is 3.05. The van der Waals surface area contributed by atoms with Crippen molar-refractivity contribution in [3.05, 3.63) is 47.2 Å². The van der Waals surface area contributed by atoms with Gasteiger partial charge in [0.25, 0.3) is 0 Å². The number of allylic oxidation sites excluding steroid dienone is 1. The van der Waals surface area contributed by atoms with Gasteiger partial charge in [0, 0.05) is 30.2 Å². The van der Waals surface area contributed by atoms with Crippen molar-refractivity contribution in [1.82, 2.24) is 21.1 Å². The van der Waals surface area contributed by atoms with Crippen molar-refractivity contribution in [2.75, 3.05) is 19.6 Å². The Morgan fingerprint density at radius 2 is 2.08 bits per heavy atom. The number of nitrogens with one attached hydrogen (secondary N) is 3. The fraction of sp³-hybridized carbons (Fsp3) is 0.444. The molecule has 2 fully saturated rings. The van der Waals surface area contributed by atoms with E-state index in [1.807, 2.05) is 24.3 Å². The highest BCUT2D eigenvalue weighted by Crippen LogP contribution is 2.35. The first-order chi connectivity index (χ1) is 11.8. The van der Waals surface area contributed by atoms with Crippen LogP contribution in [0.2, 0.25) is 0 Å². The van der Waals surface area contributed by atoms with Gasteiger partial charge in [0.15, 0.2) is 0 Å². The summed E-state index contributed by atoms with van der Waals surface area (Å²) in [7, 11) is 0. The topological polar surface area (TPSA) is 80.2 Å². The zero-order chi connectivity index (χ0) is 16.5. The Bertz CT molecular complexity index is 716. The molecule has 24 heavy (non-hydrogen) atoms. The van der Waals surface area contributed by atoms with Crippen LogP contribution in [0.1, 0.15) is 29.9 Å². The van der Waals surface area contributed by atoms with Crippen molar-refractivity contribution < 1.29 is 4.79 Å². The van der Waals surface area contributed by atoms with E-state index in [0.717, 1.165) is 43.7 Å². The lowest BCUT2D eigenvalue weighted by Gasteiger charge is -2.39. The molecule has 1 amide bonds. The molecule has 3 N–H and O–H groups in total. The van der Waals surface area contributed by atoms with E-state index in [-0.39, 0.29) is 18.0 Å². The van der Waals surface area contributed by atoms with E-state index in [2.05, 4.69) is 27.1 Å². The standard InChI is InChI=1S/C18H21N5O/c19-10-12-2-1-3-14(8-12)15-11-21-23-16(9-17(24)22-18(15)23)13-4-6-20-7-5-13/h1-3,8-9,13,15,18,20-21H,4-7,11H2,(H,22,24). The second-order valence-corrected chi connectivity index (χ2v) is 6.62. The molecule has 0 aromatic heterocycles. The summed E-state index contributed by atoms with van der Waals surface area (Å²) in [6.45, 7) is 2.74. The van der Waals surface area contributed by atoms with E-state index in [1.165, 1.54) is 0 Å². The first kappa shape index (κ1) is 15.2. The van der Waals surface area contributed by atoms with Crippen molar-refractivity contribution >= 4 is 5.91 Å². The van der Waals surface area contributed by atoms with Crippen LogP contribution in [-0.4, -0.2) is 36.7 Å². The summed E-state index contributed by atoms with van der Waals surface area (Å²) in [5.74, 6) is 0.527. The molecule has 3 aliphatic rings. The number of piperidine rings is 1. The van der Waals surface area contributed by atoms with Crippen LogP contribution in [0.3, 0.4) is 0 Å². The Kier molecular flexibility index (Phi) is 3.97. The summed E-state index contributed by atoms with van der Waals surface area (Å²) in [5, 5.41) is 17.7. The number of nitrogens with zero attached hydrogens (tertiary/aromatic N) is 2. The number of carbonyl (C=O) groups excluding carboxylic acids is 1. The third kappa shape index (κ3) is 2.66. The van der Waals surface area contributed by atoms with Gasteiger partial charge in [-0.25, -0.2) is 5.43 Å². The van der Waals surface area contributed by atoms with Crippen molar-refractivity contribution in [3.8, 4) is 6.07 Å². The molecule has 1 aromatic rings. The number of nitriles is 1. The van der Waals surface area contributed by atoms with Crippen LogP contribution in [0.4, 0.5) is 0 Å². The molecule has 1 aromatic carbocycles. The lowest BCUT2D eigenvalue weighted by Crippen LogP contribution is -2.53. The van der Waals surface area contributed by atoms with Crippen LogP contribution in [0.15, 0.2) is 36.0 Å². The lowest BCUT2D eigenvalue weighted by atomic mass is 9.90. The minimum Gasteiger partial charge on any atom is -0.330 e. The summed E-state index contributed by atoms with van der Waals surface area (Å²) < 4.78 is 0. The molecule has 3 aliphatic heterocycles. The van der Waals surface area contributed by atoms with Gasteiger partial charge >= 0.3 is 0 Å². The summed E-state index contributed by atoms with van der Waals surface area (Å²) in [5.41, 5.74) is 6.30. The van der Waals surface area contributed by atoms with Crippen LogP contribution in [0.5, 0.6) is 0 Å². The highest BCUT2D eigenvalue weighted by Gasteiger charge is 2.41. The Hall–Kier alpha value is -2.36. The molecule has 3 heterocycles. The SMILES string of the molecule is N#Cc1cccc(C2CNN3C(C4CCNCC4)=CC(=O)NC23)c1. The molecule has 0 bridgehead atoms. The van der Waals surface area contributed by atoms with Crippen LogP contribution in [-0.2, 0) is 4.79 Å². The molecule has 6 nitrogen and oxygen atoms in total. The highest BCUT2D eigenvalue weighted by atomic mass is 16.2. The first-order valence-electron chi connectivity index (χ1n) is 8.52. The van der Waals surface area contributed by atoms with Gasteiger partial charge in [0.1, 0.15) is 6.17 Å². The maximum Gasteiger partial charge on any atom is 0.247 e. The van der Waals surface area contributed by atoms with Gasteiger partial charge in [-0.1, -0.05) is 12.1 Å². The highest BCUT2D eigenvalue weighted by molar-refractivity contribution is 5.89. The predicted octanol–water partition coefficient (Wildman–Crippen LogP) is 0.801. The van der Waals surface area contributed by atoms with Gasteiger partial charge in [-0.15, -0.1) is 0 Å². The molecule has 0 spiro atoms. The van der Waals surface area contributed by atoms with Crippen molar-refractivity contribution in [3.63, 3.8) is 0 Å². The Morgan fingerprint density at radius 3 is 2.88 bits per heavy atom. The number of fused-ring (bicyclic) bond motifs is 1. The quantitative estimate of drug-likeness (QED) is 0.750. The average molecular weight is 323 g/mol. The fourth-order valence-corrected chi connectivity index (χ4v) is 3.97. The minimum atomic E-state index is -0.0960. The van der Waals surface area contributed by atoms with Gasteiger partial charge < -0.3 is 10.6 Å². The summed E-state index contributed by atoms with van der Waals surface area (Å²) >= 11 is 0. The fourth-order valence-electron chi connectivity index (χ4n) is 3.97. The van der Waals surface area contributed by atoms with Crippen LogP contribution in [0, 0.1) is 17.2 Å². The summed E-state index contributed by atoms with van der Waals surface area (Å²) in [6, 6.07) is 9.86. The van der Waals surface area contributed by atoms with Crippen LogP contribution >= 0.6 is 0 Å². The van der Waals surface area contributed by atoms with Crippen LogP contribution in [0.25, 0.3) is 0 Å². The Morgan fingerprint density at radius 1 is 1.25 bits per heavy atom. The molecular formula is C18H21N5O. The third-order valence-corrected chi connectivity index (χ3v) is 5.19. The van der Waals surface area contributed by atoms with E-state index in [1.54, 1.807) is 6.08 Å². The third-order valence-electron chi connectivity index (χ3n) is 5.19. The molecule has 2 atom stereocenters. The van der Waals surface area contributed by atoms with E-state index >= 15 is 0 Å². The van der Waals surface area contributed by atoms with Gasteiger partial charge in [0.05, 0.1) is 11.6 Å². The first-order valence-corrected chi connectivity index (χ1v) is 8.52. The maximum atomic E-state index is 12.2. The Balaban J connectivity index is 1.61. The largest absolute Gasteiger partial charge is 0.330 e. The van der Waals surface area contributed by atoms with E-state index in [9.17, 15) is 4.79 Å².